The predicted octanol–water partition coefficient (Wildman–Crippen LogP) is 2.30. The van der Waals surface area contributed by atoms with Crippen molar-refractivity contribution in [2.45, 2.75) is 44.8 Å². The number of aliphatic hydroxyl groups is 1. The van der Waals surface area contributed by atoms with E-state index in [1.54, 1.807) is 0 Å². The van der Waals surface area contributed by atoms with E-state index in [4.69, 9.17) is 10.5 Å². The zero-order chi connectivity index (χ0) is 13.2. The summed E-state index contributed by atoms with van der Waals surface area (Å²) in [5, 5.41) is 10.2. The molecule has 3 heteroatoms. The molecule has 2 bridgehead atoms. The van der Waals surface area contributed by atoms with Crippen molar-refractivity contribution in [1.82, 2.24) is 0 Å². The highest BCUT2D eigenvalue weighted by Gasteiger charge is 2.40. The molecule has 0 aromatic heterocycles. The van der Waals surface area contributed by atoms with Gasteiger partial charge in [-0.3, -0.25) is 0 Å². The molecule has 4 unspecified atom stereocenters. The van der Waals surface area contributed by atoms with Crippen molar-refractivity contribution >= 4 is 0 Å². The van der Waals surface area contributed by atoms with Gasteiger partial charge in [-0.05, 0) is 68.7 Å². The zero-order valence-electron chi connectivity index (χ0n) is 11.7. The van der Waals surface area contributed by atoms with Gasteiger partial charge in [0.05, 0.1) is 6.61 Å². The predicted molar refractivity (Wildman–Crippen MR) is 75.3 cm³/mol. The molecule has 0 radical (unpaired) electrons. The Kier molecular flexibility index (Phi) is 4.25. The summed E-state index contributed by atoms with van der Waals surface area (Å²) in [5.41, 5.74) is 5.71. The van der Waals surface area contributed by atoms with Crippen molar-refractivity contribution in [3.05, 3.63) is 12.2 Å². The smallest absolute Gasteiger partial charge is 0.157 e. The van der Waals surface area contributed by atoms with Crippen molar-refractivity contribution in [1.29, 1.82) is 0 Å². The summed E-state index contributed by atoms with van der Waals surface area (Å²) >= 11 is 0. The first-order chi connectivity index (χ1) is 9.26. The third kappa shape index (κ3) is 3.04. The Morgan fingerprint density at radius 3 is 2.42 bits per heavy atom. The Bertz CT molecular complexity index is 323. The van der Waals surface area contributed by atoms with E-state index in [1.807, 2.05) is 0 Å². The van der Waals surface area contributed by atoms with E-state index in [-0.39, 0.29) is 0 Å². The number of ether oxygens (including phenoxy) is 1. The van der Waals surface area contributed by atoms with Gasteiger partial charge in [-0.1, -0.05) is 12.2 Å². The van der Waals surface area contributed by atoms with Crippen LogP contribution in [0.15, 0.2) is 12.2 Å². The van der Waals surface area contributed by atoms with Crippen LogP contribution in [0.5, 0.6) is 0 Å². The van der Waals surface area contributed by atoms with Gasteiger partial charge in [0.1, 0.15) is 0 Å². The van der Waals surface area contributed by atoms with Gasteiger partial charge in [0, 0.05) is 5.92 Å². The molecule has 19 heavy (non-hydrogen) atoms. The van der Waals surface area contributed by atoms with Gasteiger partial charge in [-0.15, -0.1) is 0 Å². The van der Waals surface area contributed by atoms with E-state index in [0.29, 0.717) is 23.7 Å². The van der Waals surface area contributed by atoms with E-state index in [0.717, 1.165) is 25.5 Å². The SMILES string of the molecule is NCC1CCC(COC(O)C2CC3C=CC2C3)CC1. The van der Waals surface area contributed by atoms with Gasteiger partial charge >= 0.3 is 0 Å². The molecule has 0 amide bonds. The average molecular weight is 265 g/mol. The molecule has 3 aliphatic rings. The van der Waals surface area contributed by atoms with Gasteiger partial charge in [-0.2, -0.15) is 0 Å². The topological polar surface area (TPSA) is 55.5 Å². The quantitative estimate of drug-likeness (QED) is 0.592. The lowest BCUT2D eigenvalue weighted by Crippen LogP contribution is -2.30. The number of rotatable bonds is 5. The van der Waals surface area contributed by atoms with Crippen LogP contribution in [-0.4, -0.2) is 24.5 Å². The van der Waals surface area contributed by atoms with E-state index < -0.39 is 6.29 Å². The fourth-order valence-electron chi connectivity index (χ4n) is 4.14. The highest BCUT2D eigenvalue weighted by atomic mass is 16.6. The van der Waals surface area contributed by atoms with Gasteiger partial charge in [0.25, 0.3) is 0 Å². The normalized spacial score (nSPS) is 42.7. The fraction of sp³-hybridized carbons (Fsp3) is 0.875. The van der Waals surface area contributed by atoms with Crippen molar-refractivity contribution in [3.63, 3.8) is 0 Å². The molecule has 108 valence electrons. The number of hydrogen-bond donors (Lipinski definition) is 2. The summed E-state index contributed by atoms with van der Waals surface area (Å²) in [5.74, 6) is 2.96. The highest BCUT2D eigenvalue weighted by Crippen LogP contribution is 2.45. The number of nitrogens with two attached hydrogens (primary N) is 1. The zero-order valence-corrected chi connectivity index (χ0v) is 11.7. The number of allylic oxidation sites excluding steroid dienone is 2. The van der Waals surface area contributed by atoms with Crippen LogP contribution >= 0.6 is 0 Å². The molecule has 0 aromatic carbocycles. The summed E-state index contributed by atoms with van der Waals surface area (Å²) in [6.45, 7) is 1.56. The lowest BCUT2D eigenvalue weighted by Gasteiger charge is -2.30. The second-order valence-corrected chi connectivity index (χ2v) is 6.79. The summed E-state index contributed by atoms with van der Waals surface area (Å²) in [7, 11) is 0. The minimum absolute atomic E-state index is 0.343. The van der Waals surface area contributed by atoms with Gasteiger partial charge in [0.15, 0.2) is 6.29 Å². The average Bonchev–Trinajstić information content (AvgIpc) is 3.08. The maximum atomic E-state index is 10.2. The van der Waals surface area contributed by atoms with Crippen LogP contribution < -0.4 is 5.73 Å². The van der Waals surface area contributed by atoms with Crippen molar-refractivity contribution in [2.24, 2.45) is 35.3 Å². The molecular formula is C16H27NO2. The van der Waals surface area contributed by atoms with E-state index in [1.165, 1.54) is 32.1 Å². The molecule has 0 saturated heterocycles. The molecule has 0 aliphatic heterocycles. The fourth-order valence-corrected chi connectivity index (χ4v) is 4.14. The molecule has 4 atom stereocenters. The maximum absolute atomic E-state index is 10.2. The van der Waals surface area contributed by atoms with Gasteiger partial charge in [0.2, 0.25) is 0 Å². The summed E-state index contributed by atoms with van der Waals surface area (Å²) < 4.78 is 5.78. The van der Waals surface area contributed by atoms with Gasteiger partial charge in [-0.25, -0.2) is 0 Å². The van der Waals surface area contributed by atoms with Crippen LogP contribution in [0.2, 0.25) is 0 Å². The third-order valence-corrected chi connectivity index (χ3v) is 5.50. The van der Waals surface area contributed by atoms with E-state index >= 15 is 0 Å². The molecule has 3 nitrogen and oxygen atoms in total. The summed E-state index contributed by atoms with van der Waals surface area (Å²) in [6, 6.07) is 0. The molecule has 3 aliphatic carbocycles. The van der Waals surface area contributed by atoms with Crippen LogP contribution in [0, 0.1) is 29.6 Å². The van der Waals surface area contributed by atoms with E-state index in [9.17, 15) is 5.11 Å². The van der Waals surface area contributed by atoms with Crippen LogP contribution in [0.4, 0.5) is 0 Å². The molecule has 0 spiro atoms. The second-order valence-electron chi connectivity index (χ2n) is 6.79. The minimum atomic E-state index is -0.549. The Morgan fingerprint density at radius 2 is 1.84 bits per heavy atom. The van der Waals surface area contributed by atoms with Crippen molar-refractivity contribution in [3.8, 4) is 0 Å². The molecule has 0 heterocycles. The van der Waals surface area contributed by atoms with Crippen LogP contribution in [0.25, 0.3) is 0 Å². The van der Waals surface area contributed by atoms with Crippen LogP contribution in [0.3, 0.4) is 0 Å². The second kappa shape index (κ2) is 5.94. The van der Waals surface area contributed by atoms with Crippen LogP contribution in [0.1, 0.15) is 38.5 Å². The molecule has 3 rings (SSSR count). The molecular weight excluding hydrogens is 238 g/mol. The first-order valence-corrected chi connectivity index (χ1v) is 7.94. The summed E-state index contributed by atoms with van der Waals surface area (Å²) in [6.07, 6.45) is 11.3. The summed E-state index contributed by atoms with van der Waals surface area (Å²) in [4.78, 5) is 0. The maximum Gasteiger partial charge on any atom is 0.157 e. The minimum Gasteiger partial charge on any atom is -0.368 e. The lowest BCUT2D eigenvalue weighted by molar-refractivity contribution is -0.150. The van der Waals surface area contributed by atoms with Crippen molar-refractivity contribution < 1.29 is 9.84 Å². The van der Waals surface area contributed by atoms with Crippen molar-refractivity contribution in [2.75, 3.05) is 13.2 Å². The largest absolute Gasteiger partial charge is 0.368 e. The Balaban J connectivity index is 1.39. The first-order valence-electron chi connectivity index (χ1n) is 7.94. The third-order valence-electron chi connectivity index (χ3n) is 5.50. The number of aliphatic hydroxyl groups excluding tert-OH is 1. The Morgan fingerprint density at radius 1 is 1.11 bits per heavy atom. The molecule has 2 fully saturated rings. The lowest BCUT2D eigenvalue weighted by atomic mass is 9.82. The van der Waals surface area contributed by atoms with E-state index in [2.05, 4.69) is 12.2 Å². The molecule has 2 saturated carbocycles. The number of hydrogen-bond acceptors (Lipinski definition) is 3. The number of fused-ring (bicyclic) bond motifs is 2. The van der Waals surface area contributed by atoms with Gasteiger partial charge < -0.3 is 15.6 Å². The first kappa shape index (κ1) is 13.6. The highest BCUT2D eigenvalue weighted by molar-refractivity contribution is 5.10. The monoisotopic (exact) mass is 265 g/mol. The molecule has 0 aromatic rings. The standard InChI is InChI=1S/C16H27NO2/c17-9-11-1-3-12(4-2-11)10-19-16(18)15-8-13-5-6-14(15)7-13/h5-6,11-16,18H,1-4,7-10,17H2. The van der Waals surface area contributed by atoms with Crippen LogP contribution in [-0.2, 0) is 4.74 Å². The Hall–Kier alpha value is -0.380. The molecule has 3 N–H and O–H groups in total. The Labute approximate surface area is 116 Å².